The van der Waals surface area contributed by atoms with Crippen molar-refractivity contribution in [1.29, 1.82) is 0 Å². The van der Waals surface area contributed by atoms with Crippen LogP contribution in [0, 0.1) is 27.7 Å². The average Bonchev–Trinajstić information content (AvgIpc) is 2.67. The molecule has 0 aromatic carbocycles. The Hall–Kier alpha value is 0.0712. The maximum Gasteiger partial charge on any atom is 4.00 e. The number of hydrogen-bond donors (Lipinski definition) is 0. The van der Waals surface area contributed by atoms with Crippen LogP contribution < -0.4 is 0 Å². The molecule has 2 unspecified atom stereocenters. The fourth-order valence-electron chi connectivity index (χ4n) is 3.90. The summed E-state index contributed by atoms with van der Waals surface area (Å²) in [5.41, 5.74) is 0.313. The Morgan fingerprint density at radius 3 is 2.08 bits per heavy atom. The van der Waals surface area contributed by atoms with E-state index in [2.05, 4.69) is 83.2 Å². The van der Waals surface area contributed by atoms with E-state index >= 15 is 0 Å². The number of nitrogens with zero attached hydrogens (tertiary/aromatic N) is 2. The molecular formula is C21H40N2SiTi. The van der Waals surface area contributed by atoms with Crippen LogP contribution in [-0.2, 0) is 21.7 Å². The zero-order chi connectivity index (χ0) is 15.9. The Morgan fingerprint density at radius 2 is 1.68 bits per heavy atom. The van der Waals surface area contributed by atoms with Crippen molar-refractivity contribution in [2.45, 2.75) is 58.3 Å². The molecule has 25 heavy (non-hydrogen) atoms. The Morgan fingerprint density at radius 1 is 1.12 bits per heavy atom. The van der Waals surface area contributed by atoms with Gasteiger partial charge in [-0.3, -0.25) is 0 Å². The molecule has 0 heterocycles. The van der Waals surface area contributed by atoms with E-state index in [0.717, 1.165) is 6.42 Å². The third-order valence-corrected chi connectivity index (χ3v) is 7.74. The summed E-state index contributed by atoms with van der Waals surface area (Å²) in [6.07, 6.45) is 14.0. The third-order valence-electron chi connectivity index (χ3n) is 4.60. The second-order valence-corrected chi connectivity index (χ2v) is 12.3. The summed E-state index contributed by atoms with van der Waals surface area (Å²) in [5.74, 6) is 0. The Kier molecular flexibility index (Phi) is 12.4. The molecule has 0 N–H and O–H groups in total. The Bertz CT molecular complexity index is 487. The fourth-order valence-corrected chi connectivity index (χ4v) is 7.05. The van der Waals surface area contributed by atoms with Crippen LogP contribution in [0.25, 0.3) is 4.98 Å². The number of likely N-dealkylation sites (N-methyl/N-ethyl adjacent to an activating group) is 1. The molecule has 0 saturated carbocycles. The van der Waals surface area contributed by atoms with Crippen LogP contribution in [-0.4, -0.2) is 38.8 Å². The van der Waals surface area contributed by atoms with Crippen molar-refractivity contribution in [3.8, 4) is 0 Å². The molecule has 0 fully saturated rings. The first-order chi connectivity index (χ1) is 9.56. The van der Waals surface area contributed by atoms with Crippen molar-refractivity contribution in [2.75, 3.05) is 14.1 Å². The first-order valence-electron chi connectivity index (χ1n) is 8.02. The van der Waals surface area contributed by atoms with Crippen molar-refractivity contribution in [3.05, 3.63) is 62.8 Å². The van der Waals surface area contributed by atoms with Gasteiger partial charge >= 0.3 is 21.7 Å². The van der Waals surface area contributed by atoms with E-state index in [4.69, 9.17) is 4.98 Å². The molecule has 0 aliphatic heterocycles. The van der Waals surface area contributed by atoms with Crippen molar-refractivity contribution < 1.29 is 21.7 Å². The van der Waals surface area contributed by atoms with Gasteiger partial charge in [0.05, 0.1) is 0 Å². The van der Waals surface area contributed by atoms with Crippen molar-refractivity contribution in [3.63, 3.8) is 0 Å². The zero-order valence-electron chi connectivity index (χ0n) is 18.3. The molecule has 2 aliphatic rings. The second kappa shape index (κ2) is 10.4. The molecule has 4 heteroatoms. The molecule has 142 valence electrons. The number of hydrogen-bond acceptors (Lipinski definition) is 1. The largest absolute Gasteiger partial charge is 4.00 e. The topological polar surface area (TPSA) is 17.3 Å². The van der Waals surface area contributed by atoms with Crippen molar-refractivity contribution in [2.24, 2.45) is 5.41 Å². The standard InChI is InChI=1S/C18H31N2Si.3CH3.Ti/c1-17(2,3)19-21(6,7)15-13-16(20(4)5)18(14-15)11-9-8-10-12-18;;;;/h8-11,13,16H,12,14H2,1-7H3;3*1H3;/q4*-1;+4. The Balaban J connectivity index is -0.00000121. The molecule has 0 aromatic rings. The van der Waals surface area contributed by atoms with E-state index in [9.17, 15) is 0 Å². The SMILES string of the molecule is CN(C)C1C=C([Si](C)(C)[N-]C(C)(C)C)CC12C=CC=CC2.[CH3-].[CH3-].[CH3-].[Ti+4]. The van der Waals surface area contributed by atoms with Gasteiger partial charge in [0, 0.05) is 11.5 Å². The molecule has 0 radical (unpaired) electrons. The van der Waals surface area contributed by atoms with Gasteiger partial charge in [0.2, 0.25) is 0 Å². The quantitative estimate of drug-likeness (QED) is 0.422. The predicted molar refractivity (Wildman–Crippen MR) is 115 cm³/mol. The molecule has 0 aromatic heterocycles. The van der Waals surface area contributed by atoms with E-state index in [1.165, 1.54) is 6.42 Å². The molecule has 0 bridgehead atoms. The second-order valence-electron chi connectivity index (χ2n) is 8.34. The molecule has 0 amide bonds. The third kappa shape index (κ3) is 6.95. The smallest absolute Gasteiger partial charge is 0.656 e. The number of rotatable bonds is 3. The van der Waals surface area contributed by atoms with Gasteiger partial charge < -0.3 is 32.2 Å². The van der Waals surface area contributed by atoms with E-state index in [0.29, 0.717) is 6.04 Å². The van der Waals surface area contributed by atoms with Gasteiger partial charge in [-0.05, 0) is 35.2 Å². The van der Waals surface area contributed by atoms with Gasteiger partial charge in [0.1, 0.15) is 0 Å². The molecule has 2 rings (SSSR count). The van der Waals surface area contributed by atoms with Crippen LogP contribution in [0.15, 0.2) is 35.6 Å². The van der Waals surface area contributed by atoms with Gasteiger partial charge in [-0.2, -0.15) is 0 Å². The minimum atomic E-state index is -1.70. The van der Waals surface area contributed by atoms with Gasteiger partial charge in [0.15, 0.2) is 0 Å². The van der Waals surface area contributed by atoms with E-state index < -0.39 is 8.24 Å². The minimum absolute atomic E-state index is 0. The summed E-state index contributed by atoms with van der Waals surface area (Å²) in [6.45, 7) is 11.5. The summed E-state index contributed by atoms with van der Waals surface area (Å²) >= 11 is 0. The number of allylic oxidation sites excluding steroid dienone is 4. The summed E-state index contributed by atoms with van der Waals surface area (Å²) < 4.78 is 0. The summed E-state index contributed by atoms with van der Waals surface area (Å²) in [6, 6.07) is 0.496. The fraction of sp³-hybridized carbons (Fsp3) is 0.571. The normalized spacial score (nSPS) is 24.8. The maximum atomic E-state index is 5.20. The van der Waals surface area contributed by atoms with Crippen LogP contribution in [0.2, 0.25) is 13.1 Å². The van der Waals surface area contributed by atoms with Gasteiger partial charge in [0.25, 0.3) is 0 Å². The predicted octanol–water partition coefficient (Wildman–Crippen LogP) is 6.01. The summed E-state index contributed by atoms with van der Waals surface area (Å²) in [7, 11) is 2.70. The van der Waals surface area contributed by atoms with Crippen LogP contribution in [0.1, 0.15) is 33.6 Å². The zero-order valence-corrected chi connectivity index (χ0v) is 20.8. The van der Waals surface area contributed by atoms with E-state index in [1.807, 2.05) is 0 Å². The van der Waals surface area contributed by atoms with Gasteiger partial charge in [-0.15, -0.1) is 10.7 Å². The van der Waals surface area contributed by atoms with Gasteiger partial charge in [-0.1, -0.05) is 64.2 Å². The maximum absolute atomic E-state index is 5.20. The van der Waals surface area contributed by atoms with E-state index in [-0.39, 0.29) is 55.0 Å². The van der Waals surface area contributed by atoms with E-state index in [1.54, 1.807) is 5.20 Å². The van der Waals surface area contributed by atoms with Crippen LogP contribution in [0.3, 0.4) is 0 Å². The first kappa shape index (κ1) is 29.8. The summed E-state index contributed by atoms with van der Waals surface area (Å²) in [5, 5.41) is 1.62. The molecular weight excluding hydrogens is 356 g/mol. The Labute approximate surface area is 175 Å². The van der Waals surface area contributed by atoms with Crippen LogP contribution in [0.5, 0.6) is 0 Å². The summed E-state index contributed by atoms with van der Waals surface area (Å²) in [4.78, 5) is 7.58. The molecule has 0 saturated heterocycles. The van der Waals surface area contributed by atoms with Crippen molar-refractivity contribution >= 4 is 8.24 Å². The molecule has 1 spiro atoms. The molecule has 2 nitrogen and oxygen atoms in total. The first-order valence-corrected chi connectivity index (χ1v) is 11.0. The molecule has 2 aliphatic carbocycles. The van der Waals surface area contributed by atoms with Crippen LogP contribution >= 0.6 is 0 Å². The van der Waals surface area contributed by atoms with Crippen LogP contribution in [0.4, 0.5) is 0 Å². The monoisotopic (exact) mass is 396 g/mol. The minimum Gasteiger partial charge on any atom is -0.656 e. The molecule has 2 atom stereocenters. The van der Waals surface area contributed by atoms with Gasteiger partial charge in [-0.25, -0.2) is 0 Å². The van der Waals surface area contributed by atoms with Crippen molar-refractivity contribution in [1.82, 2.24) is 4.90 Å². The average molecular weight is 397 g/mol.